The van der Waals surface area contributed by atoms with Gasteiger partial charge in [0.05, 0.1) is 12.5 Å². The molecule has 78 valence electrons. The monoisotopic (exact) mass is 196 g/mol. The van der Waals surface area contributed by atoms with Gasteiger partial charge < -0.3 is 4.74 Å². The van der Waals surface area contributed by atoms with E-state index in [1.807, 2.05) is 0 Å². The average molecular weight is 196 g/mol. The van der Waals surface area contributed by atoms with Gasteiger partial charge in [0.15, 0.2) is 0 Å². The van der Waals surface area contributed by atoms with E-state index in [1.54, 1.807) is 7.11 Å². The fourth-order valence-corrected chi connectivity index (χ4v) is 2.38. The van der Waals surface area contributed by atoms with E-state index in [9.17, 15) is 9.59 Å². The van der Waals surface area contributed by atoms with Crippen molar-refractivity contribution in [2.75, 3.05) is 13.7 Å². The molecule has 0 heterocycles. The summed E-state index contributed by atoms with van der Waals surface area (Å²) in [6.45, 7) is 0.440. The van der Waals surface area contributed by atoms with E-state index in [4.69, 9.17) is 4.74 Å². The summed E-state index contributed by atoms with van der Waals surface area (Å²) in [5.74, 6) is 0.00637. The van der Waals surface area contributed by atoms with Gasteiger partial charge in [0, 0.05) is 18.9 Å². The highest BCUT2D eigenvalue weighted by atomic mass is 16.5. The Morgan fingerprint density at radius 2 is 2.21 bits per heavy atom. The van der Waals surface area contributed by atoms with Crippen molar-refractivity contribution in [3.8, 4) is 0 Å². The smallest absolute Gasteiger partial charge is 0.149 e. The van der Waals surface area contributed by atoms with E-state index in [0.29, 0.717) is 13.0 Å². The Kier molecular flexibility index (Phi) is 2.43. The number of hydrogen-bond donors (Lipinski definition) is 0. The maximum Gasteiger partial charge on any atom is 0.149 e. The van der Waals surface area contributed by atoms with Crippen LogP contribution in [0.5, 0.6) is 0 Å². The largest absolute Gasteiger partial charge is 0.384 e. The quantitative estimate of drug-likeness (QED) is 0.637. The van der Waals surface area contributed by atoms with Crippen LogP contribution >= 0.6 is 0 Å². The molecule has 0 saturated heterocycles. The Bertz CT molecular complexity index is 266. The average Bonchev–Trinajstić information content (AvgIpc) is 2.88. The van der Waals surface area contributed by atoms with Crippen LogP contribution in [-0.2, 0) is 14.3 Å². The van der Waals surface area contributed by atoms with Crippen LogP contribution in [0, 0.1) is 11.3 Å². The van der Waals surface area contributed by atoms with Crippen molar-refractivity contribution in [1.82, 2.24) is 0 Å². The van der Waals surface area contributed by atoms with Gasteiger partial charge in [-0.15, -0.1) is 0 Å². The van der Waals surface area contributed by atoms with E-state index < -0.39 is 0 Å². The molecule has 0 bridgehead atoms. The van der Waals surface area contributed by atoms with E-state index in [0.717, 1.165) is 25.7 Å². The normalized spacial score (nSPS) is 28.4. The summed E-state index contributed by atoms with van der Waals surface area (Å²) in [6.07, 6.45) is 4.14. The van der Waals surface area contributed by atoms with Gasteiger partial charge in [-0.2, -0.15) is 0 Å². The first-order valence-electron chi connectivity index (χ1n) is 5.25. The third-order valence-corrected chi connectivity index (χ3v) is 3.55. The summed E-state index contributed by atoms with van der Waals surface area (Å²) in [4.78, 5) is 23.5. The number of carbonyl (C=O) groups is 2. The van der Waals surface area contributed by atoms with Crippen LogP contribution in [-0.4, -0.2) is 25.3 Å². The first-order chi connectivity index (χ1) is 6.69. The van der Waals surface area contributed by atoms with Gasteiger partial charge in [-0.3, -0.25) is 9.59 Å². The highest BCUT2D eigenvalue weighted by molar-refractivity contribution is 6.07. The molecule has 0 N–H and O–H groups in total. The van der Waals surface area contributed by atoms with E-state index in [-0.39, 0.29) is 22.9 Å². The van der Waals surface area contributed by atoms with Crippen LogP contribution in [0.25, 0.3) is 0 Å². The van der Waals surface area contributed by atoms with Crippen LogP contribution < -0.4 is 0 Å². The molecule has 0 amide bonds. The Morgan fingerprint density at radius 1 is 1.50 bits per heavy atom. The van der Waals surface area contributed by atoms with Crippen molar-refractivity contribution in [1.29, 1.82) is 0 Å². The van der Waals surface area contributed by atoms with Crippen molar-refractivity contribution in [3.63, 3.8) is 0 Å². The lowest BCUT2D eigenvalue weighted by Crippen LogP contribution is -2.23. The van der Waals surface area contributed by atoms with Gasteiger partial charge in [-0.25, -0.2) is 0 Å². The SMILES string of the molecule is COCCC(=O)C1CCC2(CC2)C1=O. The van der Waals surface area contributed by atoms with Gasteiger partial charge in [-0.1, -0.05) is 0 Å². The van der Waals surface area contributed by atoms with E-state index in [2.05, 4.69) is 0 Å². The second kappa shape index (κ2) is 3.46. The van der Waals surface area contributed by atoms with Gasteiger partial charge in [0.2, 0.25) is 0 Å². The molecule has 3 heteroatoms. The van der Waals surface area contributed by atoms with Crippen molar-refractivity contribution in [3.05, 3.63) is 0 Å². The summed E-state index contributed by atoms with van der Waals surface area (Å²) in [6, 6.07) is 0. The number of ketones is 2. The molecule has 1 spiro atoms. The summed E-state index contributed by atoms with van der Waals surface area (Å²) >= 11 is 0. The zero-order valence-electron chi connectivity index (χ0n) is 8.54. The Morgan fingerprint density at radius 3 is 2.71 bits per heavy atom. The molecule has 3 nitrogen and oxygen atoms in total. The van der Waals surface area contributed by atoms with Gasteiger partial charge >= 0.3 is 0 Å². The zero-order valence-corrected chi connectivity index (χ0v) is 8.54. The summed E-state index contributed by atoms with van der Waals surface area (Å²) < 4.78 is 4.84. The number of carbonyl (C=O) groups excluding carboxylic acids is 2. The van der Waals surface area contributed by atoms with Crippen LogP contribution in [0.1, 0.15) is 32.1 Å². The minimum atomic E-state index is -0.298. The first kappa shape index (κ1) is 9.84. The fraction of sp³-hybridized carbons (Fsp3) is 0.818. The molecule has 2 aliphatic carbocycles. The highest BCUT2D eigenvalue weighted by Gasteiger charge is 2.57. The number of ether oxygens (including phenoxy) is 1. The van der Waals surface area contributed by atoms with Crippen molar-refractivity contribution >= 4 is 11.6 Å². The van der Waals surface area contributed by atoms with Crippen molar-refractivity contribution in [2.24, 2.45) is 11.3 Å². The molecule has 2 rings (SSSR count). The van der Waals surface area contributed by atoms with Gasteiger partial charge in [-0.05, 0) is 25.7 Å². The number of rotatable bonds is 4. The van der Waals surface area contributed by atoms with Crippen LogP contribution in [0.4, 0.5) is 0 Å². The maximum absolute atomic E-state index is 11.8. The molecule has 0 radical (unpaired) electrons. The Hall–Kier alpha value is -0.700. The summed E-state index contributed by atoms with van der Waals surface area (Å²) in [7, 11) is 1.58. The topological polar surface area (TPSA) is 43.4 Å². The third kappa shape index (κ3) is 1.50. The standard InChI is InChI=1S/C11H16O3/c1-14-7-3-9(12)8-2-4-11(5-6-11)10(8)13/h8H,2-7H2,1H3. The maximum atomic E-state index is 11.8. The molecule has 2 saturated carbocycles. The van der Waals surface area contributed by atoms with Crippen LogP contribution in [0.2, 0.25) is 0 Å². The molecule has 1 unspecified atom stereocenters. The van der Waals surface area contributed by atoms with Crippen LogP contribution in [0.3, 0.4) is 0 Å². The lowest BCUT2D eigenvalue weighted by molar-refractivity contribution is -0.133. The molecule has 2 fully saturated rings. The molecule has 2 aliphatic rings. The summed E-state index contributed by atoms with van der Waals surface area (Å²) in [5, 5.41) is 0. The van der Waals surface area contributed by atoms with Crippen LogP contribution in [0.15, 0.2) is 0 Å². The minimum Gasteiger partial charge on any atom is -0.384 e. The lowest BCUT2D eigenvalue weighted by atomic mass is 9.96. The third-order valence-electron chi connectivity index (χ3n) is 3.55. The van der Waals surface area contributed by atoms with Gasteiger partial charge in [0.25, 0.3) is 0 Å². The number of hydrogen-bond acceptors (Lipinski definition) is 3. The second-order valence-electron chi connectivity index (χ2n) is 4.44. The fourth-order valence-electron chi connectivity index (χ4n) is 2.38. The first-order valence-corrected chi connectivity index (χ1v) is 5.25. The van der Waals surface area contributed by atoms with E-state index in [1.165, 1.54) is 0 Å². The molecule has 1 atom stereocenters. The zero-order chi connectivity index (χ0) is 10.2. The van der Waals surface area contributed by atoms with Crippen molar-refractivity contribution in [2.45, 2.75) is 32.1 Å². The molecule has 14 heavy (non-hydrogen) atoms. The number of Topliss-reactive ketones (excluding diaryl/α,β-unsaturated/α-hetero) is 2. The lowest BCUT2D eigenvalue weighted by Gasteiger charge is -2.07. The molecule has 0 aromatic heterocycles. The molecule has 0 aromatic carbocycles. The molecular formula is C11H16O3. The molecular weight excluding hydrogens is 180 g/mol. The summed E-state index contributed by atoms with van der Waals surface area (Å²) in [5.41, 5.74) is -0.0482. The van der Waals surface area contributed by atoms with E-state index >= 15 is 0 Å². The number of methoxy groups -OCH3 is 1. The van der Waals surface area contributed by atoms with Gasteiger partial charge in [0.1, 0.15) is 11.6 Å². The predicted octanol–water partition coefficient (Wildman–Crippen LogP) is 1.35. The Balaban J connectivity index is 1.93. The highest BCUT2D eigenvalue weighted by Crippen LogP contribution is 2.57. The van der Waals surface area contributed by atoms with Crippen molar-refractivity contribution < 1.29 is 14.3 Å². The molecule has 0 aromatic rings. The molecule has 0 aliphatic heterocycles. The second-order valence-corrected chi connectivity index (χ2v) is 4.44. The predicted molar refractivity (Wildman–Crippen MR) is 50.9 cm³/mol. The Labute approximate surface area is 83.8 Å². The minimum absolute atomic E-state index is 0.0482.